The van der Waals surface area contributed by atoms with Crippen LogP contribution in [0.3, 0.4) is 0 Å². The SMILES string of the molecule is CSc1ccc(S(=O)(=O)NCc2ccc3c(c2)OCO3)cc1C(=O)N1CCC(C)CC1. The van der Waals surface area contributed by atoms with Crippen LogP contribution in [0.5, 0.6) is 11.5 Å². The molecular weight excluding hydrogens is 436 g/mol. The molecule has 1 fully saturated rings. The van der Waals surface area contributed by atoms with Crippen LogP contribution in [0.15, 0.2) is 46.2 Å². The number of nitrogens with one attached hydrogen (secondary N) is 1. The van der Waals surface area contributed by atoms with Crippen molar-refractivity contribution in [3.8, 4) is 11.5 Å². The van der Waals surface area contributed by atoms with Gasteiger partial charge in [0, 0.05) is 24.5 Å². The van der Waals surface area contributed by atoms with Crippen LogP contribution in [0.25, 0.3) is 0 Å². The van der Waals surface area contributed by atoms with Crippen molar-refractivity contribution in [3.05, 3.63) is 47.5 Å². The number of likely N-dealkylation sites (tertiary alicyclic amines) is 1. The summed E-state index contributed by atoms with van der Waals surface area (Å²) in [5.74, 6) is 1.75. The molecule has 0 unspecified atom stereocenters. The number of hydrogen-bond donors (Lipinski definition) is 1. The molecule has 4 rings (SSSR count). The largest absolute Gasteiger partial charge is 0.454 e. The van der Waals surface area contributed by atoms with Crippen LogP contribution in [0.2, 0.25) is 0 Å². The monoisotopic (exact) mass is 462 g/mol. The van der Waals surface area contributed by atoms with Crippen molar-refractivity contribution in [1.29, 1.82) is 0 Å². The molecule has 0 aliphatic carbocycles. The smallest absolute Gasteiger partial charge is 0.255 e. The van der Waals surface area contributed by atoms with E-state index in [9.17, 15) is 13.2 Å². The first-order valence-electron chi connectivity index (χ1n) is 10.2. The van der Waals surface area contributed by atoms with Crippen LogP contribution >= 0.6 is 11.8 Å². The van der Waals surface area contributed by atoms with Gasteiger partial charge in [0.15, 0.2) is 11.5 Å². The lowest BCUT2D eigenvalue weighted by Crippen LogP contribution is -2.38. The van der Waals surface area contributed by atoms with Crippen LogP contribution in [0, 0.1) is 5.92 Å². The zero-order chi connectivity index (χ0) is 22.0. The number of carbonyl (C=O) groups excluding carboxylic acids is 1. The van der Waals surface area contributed by atoms with E-state index in [4.69, 9.17) is 9.47 Å². The van der Waals surface area contributed by atoms with Crippen molar-refractivity contribution in [2.75, 3.05) is 26.1 Å². The van der Waals surface area contributed by atoms with E-state index in [0.29, 0.717) is 36.1 Å². The zero-order valence-electron chi connectivity index (χ0n) is 17.6. The van der Waals surface area contributed by atoms with E-state index in [0.717, 1.165) is 23.3 Å². The zero-order valence-corrected chi connectivity index (χ0v) is 19.2. The van der Waals surface area contributed by atoms with E-state index in [-0.39, 0.29) is 24.1 Å². The van der Waals surface area contributed by atoms with Crippen LogP contribution in [0.1, 0.15) is 35.7 Å². The molecule has 0 aromatic heterocycles. The Labute approximate surface area is 187 Å². The molecule has 0 saturated carbocycles. The van der Waals surface area contributed by atoms with Gasteiger partial charge in [-0.05, 0) is 60.9 Å². The first-order chi connectivity index (χ1) is 14.9. The van der Waals surface area contributed by atoms with Crippen LogP contribution in [-0.4, -0.2) is 45.4 Å². The lowest BCUT2D eigenvalue weighted by molar-refractivity contribution is 0.0693. The number of carbonyl (C=O) groups is 1. The number of hydrogen-bond acceptors (Lipinski definition) is 6. The van der Waals surface area contributed by atoms with Crippen LogP contribution < -0.4 is 14.2 Å². The van der Waals surface area contributed by atoms with Crippen LogP contribution in [0.4, 0.5) is 0 Å². The van der Waals surface area contributed by atoms with E-state index in [1.54, 1.807) is 30.3 Å². The number of fused-ring (bicyclic) bond motifs is 1. The van der Waals surface area contributed by atoms with Crippen molar-refractivity contribution in [3.63, 3.8) is 0 Å². The highest BCUT2D eigenvalue weighted by atomic mass is 32.2. The number of ether oxygens (including phenoxy) is 2. The molecule has 0 bridgehead atoms. The molecule has 0 spiro atoms. The molecule has 166 valence electrons. The number of thioether (sulfide) groups is 1. The molecule has 2 heterocycles. The average Bonchev–Trinajstić information content (AvgIpc) is 3.25. The van der Waals surface area contributed by atoms with Crippen LogP contribution in [-0.2, 0) is 16.6 Å². The summed E-state index contributed by atoms with van der Waals surface area (Å²) in [4.78, 5) is 15.8. The van der Waals surface area contributed by atoms with E-state index in [1.165, 1.54) is 17.8 Å². The highest BCUT2D eigenvalue weighted by Gasteiger charge is 2.25. The minimum atomic E-state index is -3.80. The number of rotatable bonds is 6. The summed E-state index contributed by atoms with van der Waals surface area (Å²) in [7, 11) is -3.80. The molecule has 2 aliphatic rings. The summed E-state index contributed by atoms with van der Waals surface area (Å²) in [6.07, 6.45) is 3.82. The van der Waals surface area contributed by atoms with Gasteiger partial charge in [0.05, 0.1) is 10.5 Å². The molecule has 1 N–H and O–H groups in total. The molecule has 1 amide bonds. The maximum absolute atomic E-state index is 13.1. The number of nitrogens with zero attached hydrogens (tertiary/aromatic N) is 1. The topological polar surface area (TPSA) is 84.9 Å². The molecule has 7 nitrogen and oxygen atoms in total. The third-order valence-corrected chi connectivity index (χ3v) is 7.88. The molecule has 9 heteroatoms. The highest BCUT2D eigenvalue weighted by molar-refractivity contribution is 7.98. The van der Waals surface area contributed by atoms with Crippen molar-refractivity contribution < 1.29 is 22.7 Å². The van der Waals surface area contributed by atoms with Crippen molar-refractivity contribution in [1.82, 2.24) is 9.62 Å². The fraction of sp³-hybridized carbons (Fsp3) is 0.409. The molecule has 31 heavy (non-hydrogen) atoms. The fourth-order valence-corrected chi connectivity index (χ4v) is 5.33. The molecule has 0 atom stereocenters. The molecule has 1 saturated heterocycles. The Morgan fingerprint density at radius 1 is 1.13 bits per heavy atom. The molecule has 2 aromatic carbocycles. The minimum Gasteiger partial charge on any atom is -0.454 e. The van der Waals surface area contributed by atoms with E-state index in [1.807, 2.05) is 11.2 Å². The van der Waals surface area contributed by atoms with Gasteiger partial charge >= 0.3 is 0 Å². The van der Waals surface area contributed by atoms with Gasteiger partial charge in [0.25, 0.3) is 5.91 Å². The first-order valence-corrected chi connectivity index (χ1v) is 12.9. The van der Waals surface area contributed by atoms with Gasteiger partial charge in [-0.1, -0.05) is 13.0 Å². The first kappa shape index (κ1) is 22.0. The minimum absolute atomic E-state index is 0.0831. The summed E-state index contributed by atoms with van der Waals surface area (Å²) in [5.41, 5.74) is 1.19. The Morgan fingerprint density at radius 2 is 1.87 bits per heavy atom. The van der Waals surface area contributed by atoms with Gasteiger partial charge < -0.3 is 14.4 Å². The Hall–Kier alpha value is -2.23. The summed E-state index contributed by atoms with van der Waals surface area (Å²) >= 11 is 1.44. The second-order valence-corrected chi connectivity index (χ2v) is 10.5. The summed E-state index contributed by atoms with van der Waals surface area (Å²) in [5, 5.41) is 0. The molecular formula is C22H26N2O5S2. The standard InChI is InChI=1S/C22H26N2O5S2/c1-15-7-9-24(10-8-15)22(25)18-12-17(4-6-21(18)30-2)31(26,27)23-13-16-3-5-19-20(11-16)29-14-28-19/h3-6,11-12,15,23H,7-10,13-14H2,1-2H3. The lowest BCUT2D eigenvalue weighted by Gasteiger charge is -2.30. The number of amides is 1. The number of piperidine rings is 1. The van der Waals surface area contributed by atoms with Gasteiger partial charge in [-0.15, -0.1) is 11.8 Å². The molecule has 2 aliphatic heterocycles. The van der Waals surface area contributed by atoms with Gasteiger partial charge in [-0.3, -0.25) is 4.79 Å². The normalized spacial score (nSPS) is 16.5. The third-order valence-electron chi connectivity index (χ3n) is 5.69. The van der Waals surface area contributed by atoms with E-state index >= 15 is 0 Å². The van der Waals surface area contributed by atoms with Gasteiger partial charge in [0.2, 0.25) is 16.8 Å². The van der Waals surface area contributed by atoms with Crippen molar-refractivity contribution >= 4 is 27.7 Å². The number of benzene rings is 2. The second kappa shape index (κ2) is 9.10. The van der Waals surface area contributed by atoms with Gasteiger partial charge in [0.1, 0.15) is 0 Å². The maximum atomic E-state index is 13.1. The molecule has 2 aromatic rings. The van der Waals surface area contributed by atoms with Crippen molar-refractivity contribution in [2.24, 2.45) is 5.92 Å². The average molecular weight is 463 g/mol. The quantitative estimate of drug-likeness (QED) is 0.662. The third kappa shape index (κ3) is 4.83. The molecule has 0 radical (unpaired) electrons. The van der Waals surface area contributed by atoms with Crippen molar-refractivity contribution in [2.45, 2.75) is 36.1 Å². The van der Waals surface area contributed by atoms with E-state index < -0.39 is 10.0 Å². The highest BCUT2D eigenvalue weighted by Crippen LogP contribution is 2.32. The fourth-order valence-electron chi connectivity index (χ4n) is 3.72. The maximum Gasteiger partial charge on any atom is 0.255 e. The predicted octanol–water partition coefficient (Wildman–Crippen LogP) is 3.49. The Morgan fingerprint density at radius 3 is 2.61 bits per heavy atom. The summed E-state index contributed by atoms with van der Waals surface area (Å²) in [6.45, 7) is 3.87. The van der Waals surface area contributed by atoms with Gasteiger partial charge in [-0.25, -0.2) is 13.1 Å². The van der Waals surface area contributed by atoms with E-state index in [2.05, 4.69) is 11.6 Å². The Kier molecular flexibility index (Phi) is 6.45. The predicted molar refractivity (Wildman–Crippen MR) is 119 cm³/mol. The lowest BCUT2D eigenvalue weighted by atomic mass is 9.98. The number of sulfonamides is 1. The summed E-state index contributed by atoms with van der Waals surface area (Å²) < 4.78 is 39.1. The van der Waals surface area contributed by atoms with Gasteiger partial charge in [-0.2, -0.15) is 0 Å². The second-order valence-electron chi connectivity index (χ2n) is 7.85. The Balaban J connectivity index is 1.52. The Bertz CT molecular complexity index is 1080. The summed E-state index contributed by atoms with van der Waals surface area (Å²) in [6, 6.07) is 10.1.